The molecule has 2 aromatic carbocycles. The lowest BCUT2D eigenvalue weighted by atomic mass is 10.1. The van der Waals surface area contributed by atoms with Crippen molar-refractivity contribution in [3.63, 3.8) is 0 Å². The second-order valence-corrected chi connectivity index (χ2v) is 6.65. The maximum atomic E-state index is 12.6. The zero-order valence-corrected chi connectivity index (χ0v) is 16.5. The standard InChI is InChI=1S/C22H24N2O5/c1-14(2)29-18-11-9-16(10-12-18)13-19(21(26)23-15(3)22(27)28)24-20(25)17-7-5-4-6-8-17/h4-15H,1-3H3,(H,23,26)(H,24,25)(H,27,28)/b19-13-. The molecule has 0 saturated heterocycles. The molecule has 152 valence electrons. The first-order valence-electron chi connectivity index (χ1n) is 9.14. The van der Waals surface area contributed by atoms with Gasteiger partial charge in [0.1, 0.15) is 17.5 Å². The van der Waals surface area contributed by atoms with Gasteiger partial charge in [0.05, 0.1) is 6.10 Å². The van der Waals surface area contributed by atoms with Gasteiger partial charge < -0.3 is 20.5 Å². The first-order valence-corrected chi connectivity index (χ1v) is 9.14. The Labute approximate surface area is 169 Å². The molecule has 0 aliphatic rings. The molecule has 29 heavy (non-hydrogen) atoms. The van der Waals surface area contributed by atoms with Crippen molar-refractivity contribution in [1.29, 1.82) is 0 Å². The van der Waals surface area contributed by atoms with Crippen LogP contribution in [0.1, 0.15) is 36.7 Å². The zero-order chi connectivity index (χ0) is 21.4. The van der Waals surface area contributed by atoms with E-state index in [4.69, 9.17) is 9.84 Å². The lowest BCUT2D eigenvalue weighted by molar-refractivity contribution is -0.140. The number of carbonyl (C=O) groups excluding carboxylic acids is 2. The average Bonchev–Trinajstić information content (AvgIpc) is 2.68. The van der Waals surface area contributed by atoms with Crippen LogP contribution in [0.4, 0.5) is 0 Å². The summed E-state index contributed by atoms with van der Waals surface area (Å²) in [6, 6.07) is 14.3. The minimum absolute atomic E-state index is 0.0281. The van der Waals surface area contributed by atoms with Crippen molar-refractivity contribution in [2.75, 3.05) is 0 Å². The molecular formula is C22H24N2O5. The predicted molar refractivity (Wildman–Crippen MR) is 109 cm³/mol. The lowest BCUT2D eigenvalue weighted by Gasteiger charge is -2.14. The Morgan fingerprint density at radius 2 is 1.59 bits per heavy atom. The van der Waals surface area contributed by atoms with Crippen molar-refractivity contribution in [2.24, 2.45) is 0 Å². The van der Waals surface area contributed by atoms with Gasteiger partial charge in [0, 0.05) is 5.56 Å². The molecule has 2 amide bonds. The normalized spacial score (nSPS) is 12.2. The molecule has 0 radical (unpaired) electrons. The highest BCUT2D eigenvalue weighted by Gasteiger charge is 2.19. The highest BCUT2D eigenvalue weighted by Crippen LogP contribution is 2.16. The second-order valence-electron chi connectivity index (χ2n) is 6.65. The molecule has 0 saturated carbocycles. The maximum Gasteiger partial charge on any atom is 0.325 e. The van der Waals surface area contributed by atoms with Gasteiger partial charge in [-0.3, -0.25) is 14.4 Å². The fourth-order valence-electron chi connectivity index (χ4n) is 2.36. The van der Waals surface area contributed by atoms with Crippen LogP contribution < -0.4 is 15.4 Å². The quantitative estimate of drug-likeness (QED) is 0.595. The van der Waals surface area contributed by atoms with Gasteiger partial charge in [-0.1, -0.05) is 30.3 Å². The summed E-state index contributed by atoms with van der Waals surface area (Å²) in [7, 11) is 0. The van der Waals surface area contributed by atoms with Gasteiger partial charge in [0.15, 0.2) is 0 Å². The molecule has 1 atom stereocenters. The summed E-state index contributed by atoms with van der Waals surface area (Å²) in [5.41, 5.74) is 0.949. The van der Waals surface area contributed by atoms with E-state index in [0.29, 0.717) is 16.9 Å². The first-order chi connectivity index (χ1) is 13.8. The van der Waals surface area contributed by atoms with Crippen LogP contribution in [0.3, 0.4) is 0 Å². The molecule has 7 nitrogen and oxygen atoms in total. The lowest BCUT2D eigenvalue weighted by Crippen LogP contribution is -2.42. The smallest absolute Gasteiger partial charge is 0.325 e. The molecular weight excluding hydrogens is 372 g/mol. The largest absolute Gasteiger partial charge is 0.491 e. The number of hydrogen-bond acceptors (Lipinski definition) is 4. The van der Waals surface area contributed by atoms with Crippen molar-refractivity contribution in [1.82, 2.24) is 10.6 Å². The van der Waals surface area contributed by atoms with Crippen molar-refractivity contribution >= 4 is 23.9 Å². The Bertz CT molecular complexity index is 889. The van der Waals surface area contributed by atoms with Crippen LogP contribution in [0.5, 0.6) is 5.75 Å². The van der Waals surface area contributed by atoms with E-state index in [1.54, 1.807) is 54.6 Å². The van der Waals surface area contributed by atoms with Gasteiger partial charge in [-0.05, 0) is 56.7 Å². The number of hydrogen-bond donors (Lipinski definition) is 3. The van der Waals surface area contributed by atoms with E-state index in [1.807, 2.05) is 13.8 Å². The van der Waals surface area contributed by atoms with Gasteiger partial charge in [-0.15, -0.1) is 0 Å². The third kappa shape index (κ3) is 6.80. The molecule has 0 aromatic heterocycles. The second kappa shape index (κ2) is 10.1. The molecule has 0 heterocycles. The van der Waals surface area contributed by atoms with E-state index < -0.39 is 23.8 Å². The van der Waals surface area contributed by atoms with Crippen LogP contribution in [0.25, 0.3) is 6.08 Å². The number of carboxylic acids is 1. The Morgan fingerprint density at radius 3 is 2.14 bits per heavy atom. The van der Waals surface area contributed by atoms with Crippen molar-refractivity contribution in [3.05, 3.63) is 71.4 Å². The molecule has 0 fully saturated rings. The van der Waals surface area contributed by atoms with Crippen LogP contribution in [0.2, 0.25) is 0 Å². The molecule has 0 spiro atoms. The average molecular weight is 396 g/mol. The first kappa shape index (κ1) is 21.7. The van der Waals surface area contributed by atoms with Crippen LogP contribution in [-0.4, -0.2) is 35.0 Å². The van der Waals surface area contributed by atoms with E-state index in [2.05, 4.69) is 10.6 Å². The summed E-state index contributed by atoms with van der Waals surface area (Å²) in [5.74, 6) is -1.68. The molecule has 0 aliphatic heterocycles. The van der Waals surface area contributed by atoms with E-state index in [-0.39, 0.29) is 11.8 Å². The number of carboxylic acid groups (broad SMARTS) is 1. The highest BCUT2D eigenvalue weighted by molar-refractivity contribution is 6.06. The topological polar surface area (TPSA) is 105 Å². The SMILES string of the molecule is CC(C)Oc1ccc(/C=C(\NC(=O)c2ccccc2)C(=O)NC(C)C(=O)O)cc1. The zero-order valence-electron chi connectivity index (χ0n) is 16.5. The van der Waals surface area contributed by atoms with Crippen LogP contribution in [-0.2, 0) is 9.59 Å². The van der Waals surface area contributed by atoms with Crippen molar-refractivity contribution in [2.45, 2.75) is 32.9 Å². The van der Waals surface area contributed by atoms with Crippen LogP contribution >= 0.6 is 0 Å². The minimum Gasteiger partial charge on any atom is -0.491 e. The molecule has 1 unspecified atom stereocenters. The number of amides is 2. The fourth-order valence-corrected chi connectivity index (χ4v) is 2.36. The molecule has 3 N–H and O–H groups in total. The minimum atomic E-state index is -1.18. The molecule has 2 rings (SSSR count). The summed E-state index contributed by atoms with van der Waals surface area (Å²) in [6.45, 7) is 5.17. The van der Waals surface area contributed by atoms with E-state index in [9.17, 15) is 14.4 Å². The molecule has 0 bridgehead atoms. The Balaban J connectivity index is 2.27. The Morgan fingerprint density at radius 1 is 0.966 bits per heavy atom. The van der Waals surface area contributed by atoms with E-state index in [0.717, 1.165) is 0 Å². The number of aliphatic carboxylic acids is 1. The van der Waals surface area contributed by atoms with Gasteiger partial charge in [0.2, 0.25) is 0 Å². The molecule has 0 aliphatic carbocycles. The van der Waals surface area contributed by atoms with Crippen molar-refractivity contribution < 1.29 is 24.2 Å². The number of rotatable bonds is 8. The summed E-state index contributed by atoms with van der Waals surface area (Å²) in [5, 5.41) is 13.9. The van der Waals surface area contributed by atoms with E-state index in [1.165, 1.54) is 13.0 Å². The summed E-state index contributed by atoms with van der Waals surface area (Å²) in [6.07, 6.45) is 1.50. The third-order valence-corrected chi connectivity index (χ3v) is 3.81. The maximum absolute atomic E-state index is 12.6. The number of nitrogens with one attached hydrogen (secondary N) is 2. The van der Waals surface area contributed by atoms with Crippen molar-refractivity contribution in [3.8, 4) is 5.75 Å². The van der Waals surface area contributed by atoms with Gasteiger partial charge >= 0.3 is 5.97 Å². The monoisotopic (exact) mass is 396 g/mol. The number of carbonyl (C=O) groups is 3. The van der Waals surface area contributed by atoms with E-state index >= 15 is 0 Å². The van der Waals surface area contributed by atoms with Gasteiger partial charge in [-0.2, -0.15) is 0 Å². The van der Waals surface area contributed by atoms with Crippen LogP contribution in [0, 0.1) is 0 Å². The predicted octanol–water partition coefficient (Wildman–Crippen LogP) is 2.83. The highest BCUT2D eigenvalue weighted by atomic mass is 16.5. The molecule has 7 heteroatoms. The van der Waals surface area contributed by atoms with Crippen LogP contribution in [0.15, 0.2) is 60.3 Å². The number of benzene rings is 2. The fraction of sp³-hybridized carbons (Fsp3) is 0.227. The third-order valence-electron chi connectivity index (χ3n) is 3.81. The van der Waals surface area contributed by atoms with Gasteiger partial charge in [-0.25, -0.2) is 0 Å². The molecule has 2 aromatic rings. The summed E-state index contributed by atoms with van der Waals surface area (Å²) in [4.78, 5) is 36.1. The Hall–Kier alpha value is -3.61. The number of ether oxygens (including phenoxy) is 1. The van der Waals surface area contributed by atoms with Gasteiger partial charge in [0.25, 0.3) is 11.8 Å². The Kier molecular flexibility index (Phi) is 7.54. The summed E-state index contributed by atoms with van der Waals surface area (Å²) < 4.78 is 5.59. The summed E-state index contributed by atoms with van der Waals surface area (Å²) >= 11 is 0.